The summed E-state index contributed by atoms with van der Waals surface area (Å²) in [6.45, 7) is -0.0186. The molecule has 0 unspecified atom stereocenters. The molecule has 0 radical (unpaired) electrons. The van der Waals surface area contributed by atoms with Crippen molar-refractivity contribution in [3.63, 3.8) is 0 Å². The zero-order valence-corrected chi connectivity index (χ0v) is 17.9. The molecule has 0 aromatic heterocycles. The van der Waals surface area contributed by atoms with Crippen molar-refractivity contribution in [1.82, 2.24) is 0 Å². The number of carbonyl (C=O) groups is 2. The minimum atomic E-state index is -0.649. The number of anilines is 1. The lowest BCUT2D eigenvalue weighted by Gasteiger charge is -2.12. The minimum absolute atomic E-state index is 0.146. The molecule has 8 heteroatoms. The van der Waals surface area contributed by atoms with E-state index in [2.05, 4.69) is 21.2 Å². The van der Waals surface area contributed by atoms with Crippen molar-refractivity contribution in [2.75, 3.05) is 18.7 Å². The van der Waals surface area contributed by atoms with Crippen LogP contribution in [0.5, 0.6) is 17.2 Å². The molecule has 0 fully saturated rings. The van der Waals surface area contributed by atoms with E-state index >= 15 is 0 Å². The van der Waals surface area contributed by atoms with Crippen LogP contribution in [0, 0.1) is 0 Å². The van der Waals surface area contributed by atoms with Gasteiger partial charge in [-0.1, -0.05) is 46.3 Å². The number of fused-ring (bicyclic) bond motifs is 1. The summed E-state index contributed by atoms with van der Waals surface area (Å²) < 4.78 is 22.4. The fourth-order valence-corrected chi connectivity index (χ4v) is 3.31. The highest BCUT2D eigenvalue weighted by molar-refractivity contribution is 9.10. The number of ether oxygens (including phenoxy) is 4. The SMILES string of the molecule is O=C(COC(=O)c1ccccc1OCc1ccccc1Br)Nc1ccc2c(c1)OCO2. The van der Waals surface area contributed by atoms with Crippen LogP contribution in [0.15, 0.2) is 71.2 Å². The first-order valence-electron chi connectivity index (χ1n) is 9.42. The largest absolute Gasteiger partial charge is 0.488 e. The van der Waals surface area contributed by atoms with E-state index in [9.17, 15) is 9.59 Å². The molecule has 1 aliphatic rings. The number of nitrogens with one attached hydrogen (secondary N) is 1. The van der Waals surface area contributed by atoms with E-state index in [1.165, 1.54) is 0 Å². The molecule has 0 spiro atoms. The van der Waals surface area contributed by atoms with E-state index in [-0.39, 0.29) is 19.0 Å². The Labute approximate surface area is 187 Å². The Bertz CT molecular complexity index is 1120. The Morgan fingerprint density at radius 2 is 1.74 bits per heavy atom. The number of carbonyl (C=O) groups excluding carboxylic acids is 2. The Morgan fingerprint density at radius 1 is 0.968 bits per heavy atom. The maximum absolute atomic E-state index is 12.5. The van der Waals surface area contributed by atoms with Crippen LogP contribution >= 0.6 is 15.9 Å². The molecule has 3 aromatic rings. The Hall–Kier alpha value is -3.52. The van der Waals surface area contributed by atoms with Gasteiger partial charge in [-0.05, 0) is 30.3 Å². The number of rotatable bonds is 7. The number of para-hydroxylation sites is 1. The molecular formula is C23H18BrNO6. The van der Waals surface area contributed by atoms with E-state index in [1.807, 2.05) is 24.3 Å². The summed E-state index contributed by atoms with van der Waals surface area (Å²) in [6, 6.07) is 19.4. The highest BCUT2D eigenvalue weighted by Gasteiger charge is 2.17. The maximum atomic E-state index is 12.5. The smallest absolute Gasteiger partial charge is 0.342 e. The van der Waals surface area contributed by atoms with Crippen molar-refractivity contribution in [2.24, 2.45) is 0 Å². The summed E-state index contributed by atoms with van der Waals surface area (Å²) in [6.07, 6.45) is 0. The quantitative estimate of drug-likeness (QED) is 0.496. The van der Waals surface area contributed by atoms with Gasteiger partial charge in [0.25, 0.3) is 5.91 Å². The van der Waals surface area contributed by atoms with Crippen LogP contribution in [0.3, 0.4) is 0 Å². The van der Waals surface area contributed by atoms with Crippen LogP contribution in [0.4, 0.5) is 5.69 Å². The van der Waals surface area contributed by atoms with E-state index in [1.54, 1.807) is 42.5 Å². The second-order valence-electron chi connectivity index (χ2n) is 6.57. The molecule has 1 aliphatic heterocycles. The molecule has 0 atom stereocenters. The van der Waals surface area contributed by atoms with Crippen molar-refractivity contribution in [1.29, 1.82) is 0 Å². The van der Waals surface area contributed by atoms with Gasteiger partial charge in [-0.15, -0.1) is 0 Å². The lowest BCUT2D eigenvalue weighted by Crippen LogP contribution is -2.21. The molecule has 1 amide bonds. The van der Waals surface area contributed by atoms with Crippen molar-refractivity contribution < 1.29 is 28.5 Å². The van der Waals surface area contributed by atoms with Gasteiger partial charge in [0.15, 0.2) is 18.1 Å². The van der Waals surface area contributed by atoms with Gasteiger partial charge >= 0.3 is 5.97 Å². The van der Waals surface area contributed by atoms with Gasteiger partial charge in [0.2, 0.25) is 6.79 Å². The van der Waals surface area contributed by atoms with Crippen LogP contribution in [0.2, 0.25) is 0 Å². The zero-order valence-electron chi connectivity index (χ0n) is 16.3. The van der Waals surface area contributed by atoms with Gasteiger partial charge in [0.05, 0.1) is 0 Å². The predicted octanol–water partition coefficient (Wildman–Crippen LogP) is 4.55. The van der Waals surface area contributed by atoms with E-state index in [0.29, 0.717) is 22.9 Å². The van der Waals surface area contributed by atoms with Crippen LogP contribution in [0.1, 0.15) is 15.9 Å². The molecule has 7 nitrogen and oxygen atoms in total. The van der Waals surface area contributed by atoms with Gasteiger partial charge in [-0.2, -0.15) is 0 Å². The van der Waals surface area contributed by atoms with E-state index < -0.39 is 18.5 Å². The zero-order chi connectivity index (χ0) is 21.6. The fraction of sp³-hybridized carbons (Fsp3) is 0.130. The topological polar surface area (TPSA) is 83.1 Å². The minimum Gasteiger partial charge on any atom is -0.488 e. The average molecular weight is 484 g/mol. The molecular weight excluding hydrogens is 466 g/mol. The summed E-state index contributed by atoms with van der Waals surface area (Å²) in [5, 5.41) is 2.66. The maximum Gasteiger partial charge on any atom is 0.342 e. The molecule has 158 valence electrons. The van der Waals surface area contributed by atoms with Gasteiger partial charge in [-0.25, -0.2) is 4.79 Å². The van der Waals surface area contributed by atoms with E-state index in [0.717, 1.165) is 10.0 Å². The van der Waals surface area contributed by atoms with Gasteiger partial charge in [0, 0.05) is 21.8 Å². The summed E-state index contributed by atoms with van der Waals surface area (Å²) in [5.41, 5.74) is 1.70. The van der Waals surface area contributed by atoms with Crippen LogP contribution in [-0.4, -0.2) is 25.3 Å². The lowest BCUT2D eigenvalue weighted by molar-refractivity contribution is -0.119. The fourth-order valence-electron chi connectivity index (χ4n) is 2.91. The van der Waals surface area contributed by atoms with Crippen LogP contribution < -0.4 is 19.5 Å². The molecule has 4 rings (SSSR count). The molecule has 3 aromatic carbocycles. The van der Waals surface area contributed by atoms with Crippen molar-refractivity contribution in [3.8, 4) is 17.2 Å². The standard InChI is InChI=1S/C23H18BrNO6/c24-18-7-3-1-5-15(18)12-28-19-8-4-2-6-17(19)23(27)29-13-22(26)25-16-9-10-20-21(11-16)31-14-30-20/h1-11H,12-14H2,(H,25,26). The second-order valence-corrected chi connectivity index (χ2v) is 7.42. The first kappa shape index (κ1) is 20.7. The highest BCUT2D eigenvalue weighted by atomic mass is 79.9. The summed E-state index contributed by atoms with van der Waals surface area (Å²) in [5.74, 6) is 0.413. The third kappa shape index (κ3) is 5.16. The second kappa shape index (κ2) is 9.53. The number of halogens is 1. The normalized spacial score (nSPS) is 11.6. The number of amides is 1. The predicted molar refractivity (Wildman–Crippen MR) is 116 cm³/mol. The molecule has 31 heavy (non-hydrogen) atoms. The molecule has 0 saturated carbocycles. The summed E-state index contributed by atoms with van der Waals surface area (Å²) >= 11 is 3.47. The van der Waals surface area contributed by atoms with Crippen molar-refractivity contribution in [2.45, 2.75) is 6.61 Å². The Morgan fingerprint density at radius 3 is 2.61 bits per heavy atom. The number of hydrogen-bond donors (Lipinski definition) is 1. The Balaban J connectivity index is 1.34. The van der Waals surface area contributed by atoms with Gasteiger partial charge in [-0.3, -0.25) is 4.79 Å². The van der Waals surface area contributed by atoms with Crippen LogP contribution in [0.25, 0.3) is 0 Å². The molecule has 1 heterocycles. The van der Waals surface area contributed by atoms with Gasteiger partial charge < -0.3 is 24.3 Å². The van der Waals surface area contributed by atoms with E-state index in [4.69, 9.17) is 18.9 Å². The molecule has 0 aliphatic carbocycles. The molecule has 0 saturated heterocycles. The molecule has 1 N–H and O–H groups in total. The van der Waals surface area contributed by atoms with Crippen molar-refractivity contribution >= 4 is 33.5 Å². The monoisotopic (exact) mass is 483 g/mol. The first-order valence-corrected chi connectivity index (χ1v) is 10.2. The lowest BCUT2D eigenvalue weighted by atomic mass is 10.2. The van der Waals surface area contributed by atoms with Crippen LogP contribution in [-0.2, 0) is 16.1 Å². The van der Waals surface area contributed by atoms with Gasteiger partial charge in [0.1, 0.15) is 17.9 Å². The average Bonchev–Trinajstić information content (AvgIpc) is 3.25. The number of hydrogen-bond acceptors (Lipinski definition) is 6. The summed E-state index contributed by atoms with van der Waals surface area (Å²) in [7, 11) is 0. The first-order chi connectivity index (χ1) is 15.1. The van der Waals surface area contributed by atoms with Crippen molar-refractivity contribution in [3.05, 3.63) is 82.3 Å². The third-order valence-electron chi connectivity index (χ3n) is 4.44. The number of esters is 1. The number of benzene rings is 3. The molecule has 0 bridgehead atoms. The highest BCUT2D eigenvalue weighted by Crippen LogP contribution is 2.34. The Kier molecular flexibility index (Phi) is 6.37. The summed E-state index contributed by atoms with van der Waals surface area (Å²) in [4.78, 5) is 24.7. The third-order valence-corrected chi connectivity index (χ3v) is 5.21.